The fourth-order valence-electron chi connectivity index (χ4n) is 2.53. The Kier molecular flexibility index (Phi) is 6.12. The Labute approximate surface area is 120 Å². The monoisotopic (exact) mass is 288 g/mol. The molecular formula is C14H25ClN2S. The van der Waals surface area contributed by atoms with Crippen molar-refractivity contribution in [3.63, 3.8) is 0 Å². The van der Waals surface area contributed by atoms with Crippen LogP contribution in [0.4, 0.5) is 0 Å². The molecule has 2 atom stereocenters. The Bertz CT molecular complexity index is 357. The van der Waals surface area contributed by atoms with Gasteiger partial charge in [-0.1, -0.05) is 39.3 Å². The maximum absolute atomic E-state index is 5.95. The van der Waals surface area contributed by atoms with Crippen LogP contribution in [-0.2, 0) is 6.42 Å². The number of thiophene rings is 1. The van der Waals surface area contributed by atoms with Crippen molar-refractivity contribution in [3.05, 3.63) is 21.3 Å². The minimum absolute atomic E-state index is 0.331. The van der Waals surface area contributed by atoms with Crippen LogP contribution in [0, 0.1) is 11.3 Å². The molecule has 0 bridgehead atoms. The van der Waals surface area contributed by atoms with E-state index in [2.05, 4.69) is 39.2 Å². The van der Waals surface area contributed by atoms with Crippen LogP contribution in [0.2, 0.25) is 4.34 Å². The number of halogens is 1. The van der Waals surface area contributed by atoms with E-state index in [1.807, 2.05) is 6.07 Å². The second kappa shape index (κ2) is 6.90. The molecule has 0 radical (unpaired) electrons. The Morgan fingerprint density at radius 2 is 2.06 bits per heavy atom. The molecule has 1 heterocycles. The Morgan fingerprint density at radius 3 is 2.50 bits per heavy atom. The zero-order valence-corrected chi connectivity index (χ0v) is 13.4. The molecule has 0 spiro atoms. The molecule has 0 aliphatic carbocycles. The standard InChI is InChI=1S/C14H25ClN2S/c1-10(9-14(2,3)4)7-11(17-16)8-12-5-6-13(15)18-12/h5-6,10-11,17H,7-9,16H2,1-4H3. The summed E-state index contributed by atoms with van der Waals surface area (Å²) in [6.45, 7) is 9.16. The summed E-state index contributed by atoms with van der Waals surface area (Å²) >= 11 is 7.59. The topological polar surface area (TPSA) is 38.0 Å². The van der Waals surface area contributed by atoms with Crippen LogP contribution in [0.3, 0.4) is 0 Å². The maximum atomic E-state index is 5.95. The van der Waals surface area contributed by atoms with Gasteiger partial charge in [-0.2, -0.15) is 0 Å². The zero-order chi connectivity index (χ0) is 13.8. The van der Waals surface area contributed by atoms with Gasteiger partial charge >= 0.3 is 0 Å². The summed E-state index contributed by atoms with van der Waals surface area (Å²) in [5.74, 6) is 6.33. The Morgan fingerprint density at radius 1 is 1.39 bits per heavy atom. The summed E-state index contributed by atoms with van der Waals surface area (Å²) in [5, 5.41) is 0. The largest absolute Gasteiger partial charge is 0.271 e. The summed E-state index contributed by atoms with van der Waals surface area (Å²) in [6, 6.07) is 4.37. The van der Waals surface area contributed by atoms with Crippen molar-refractivity contribution < 1.29 is 0 Å². The molecule has 4 heteroatoms. The van der Waals surface area contributed by atoms with Gasteiger partial charge in [0, 0.05) is 10.9 Å². The van der Waals surface area contributed by atoms with Crippen molar-refractivity contribution in [1.29, 1.82) is 0 Å². The van der Waals surface area contributed by atoms with E-state index in [4.69, 9.17) is 17.4 Å². The van der Waals surface area contributed by atoms with Crippen molar-refractivity contribution in [3.8, 4) is 0 Å². The van der Waals surface area contributed by atoms with Crippen LogP contribution >= 0.6 is 22.9 Å². The fraction of sp³-hybridized carbons (Fsp3) is 0.714. The molecule has 0 amide bonds. The van der Waals surface area contributed by atoms with Crippen LogP contribution in [-0.4, -0.2) is 6.04 Å². The van der Waals surface area contributed by atoms with E-state index in [1.165, 1.54) is 11.3 Å². The summed E-state index contributed by atoms with van der Waals surface area (Å²) in [4.78, 5) is 1.30. The molecule has 2 unspecified atom stereocenters. The smallest absolute Gasteiger partial charge is 0.0931 e. The average Bonchev–Trinajstić information content (AvgIpc) is 2.60. The quantitative estimate of drug-likeness (QED) is 0.607. The van der Waals surface area contributed by atoms with Gasteiger partial charge in [-0.05, 0) is 42.7 Å². The Balaban J connectivity index is 2.46. The molecule has 104 valence electrons. The van der Waals surface area contributed by atoms with Gasteiger partial charge in [-0.3, -0.25) is 11.3 Å². The predicted octanol–water partition coefficient (Wildman–Crippen LogP) is 4.24. The van der Waals surface area contributed by atoms with Gasteiger partial charge in [0.05, 0.1) is 4.34 Å². The summed E-state index contributed by atoms with van der Waals surface area (Å²) in [6.07, 6.45) is 3.28. The number of nitrogens with two attached hydrogens (primary N) is 1. The molecule has 0 aliphatic rings. The van der Waals surface area contributed by atoms with Crippen LogP contribution in [0.15, 0.2) is 12.1 Å². The molecule has 1 aromatic rings. The van der Waals surface area contributed by atoms with Gasteiger partial charge in [0.2, 0.25) is 0 Å². The number of rotatable bonds is 6. The van der Waals surface area contributed by atoms with E-state index < -0.39 is 0 Å². The second-order valence-electron chi connectivity index (χ2n) is 6.38. The zero-order valence-electron chi connectivity index (χ0n) is 11.8. The highest BCUT2D eigenvalue weighted by molar-refractivity contribution is 7.16. The highest BCUT2D eigenvalue weighted by Crippen LogP contribution is 2.28. The van der Waals surface area contributed by atoms with Crippen molar-refractivity contribution >= 4 is 22.9 Å². The summed E-state index contributed by atoms with van der Waals surface area (Å²) in [7, 11) is 0. The first-order valence-corrected chi connectivity index (χ1v) is 7.70. The Hall–Kier alpha value is -0.0900. The number of nitrogens with one attached hydrogen (secondary N) is 1. The van der Waals surface area contributed by atoms with E-state index >= 15 is 0 Å². The molecule has 1 aromatic heterocycles. The first-order chi connectivity index (χ1) is 8.30. The highest BCUT2D eigenvalue weighted by Gasteiger charge is 2.19. The number of hydrogen-bond acceptors (Lipinski definition) is 3. The maximum Gasteiger partial charge on any atom is 0.0931 e. The lowest BCUT2D eigenvalue weighted by Gasteiger charge is -2.26. The van der Waals surface area contributed by atoms with E-state index in [1.54, 1.807) is 11.3 Å². The third kappa shape index (κ3) is 6.19. The van der Waals surface area contributed by atoms with Gasteiger partial charge in [0.25, 0.3) is 0 Å². The molecule has 0 saturated carbocycles. The normalized spacial score (nSPS) is 15.7. The van der Waals surface area contributed by atoms with Gasteiger partial charge in [0.1, 0.15) is 0 Å². The lowest BCUT2D eigenvalue weighted by molar-refractivity contribution is 0.275. The second-order valence-corrected chi connectivity index (χ2v) is 8.18. The minimum Gasteiger partial charge on any atom is -0.271 e. The molecule has 0 fully saturated rings. The van der Waals surface area contributed by atoms with Crippen LogP contribution in [0.1, 0.15) is 45.4 Å². The van der Waals surface area contributed by atoms with Crippen LogP contribution in [0.5, 0.6) is 0 Å². The third-order valence-corrected chi connectivity index (χ3v) is 4.21. The van der Waals surface area contributed by atoms with Gasteiger partial charge in [-0.15, -0.1) is 11.3 Å². The van der Waals surface area contributed by atoms with Crippen molar-refractivity contribution in [2.75, 3.05) is 0 Å². The van der Waals surface area contributed by atoms with E-state index in [0.29, 0.717) is 17.4 Å². The molecule has 0 aliphatic heterocycles. The van der Waals surface area contributed by atoms with Crippen molar-refractivity contribution in [2.45, 2.75) is 53.0 Å². The average molecular weight is 289 g/mol. The van der Waals surface area contributed by atoms with E-state index in [0.717, 1.165) is 17.2 Å². The molecule has 1 rings (SSSR count). The molecular weight excluding hydrogens is 264 g/mol. The SMILES string of the molecule is CC(CC(Cc1ccc(Cl)s1)NN)CC(C)(C)C. The minimum atomic E-state index is 0.331. The first kappa shape index (κ1) is 16.0. The van der Waals surface area contributed by atoms with Gasteiger partial charge in [0.15, 0.2) is 0 Å². The lowest BCUT2D eigenvalue weighted by atomic mass is 9.82. The van der Waals surface area contributed by atoms with Crippen molar-refractivity contribution in [1.82, 2.24) is 5.43 Å². The molecule has 2 nitrogen and oxygen atoms in total. The van der Waals surface area contributed by atoms with Crippen LogP contribution in [0.25, 0.3) is 0 Å². The summed E-state index contributed by atoms with van der Waals surface area (Å²) in [5.41, 5.74) is 3.32. The first-order valence-electron chi connectivity index (χ1n) is 6.50. The molecule has 18 heavy (non-hydrogen) atoms. The number of hydrazine groups is 1. The van der Waals surface area contributed by atoms with Crippen molar-refractivity contribution in [2.24, 2.45) is 17.2 Å². The predicted molar refractivity (Wildman–Crippen MR) is 82.0 cm³/mol. The molecule has 0 saturated heterocycles. The lowest BCUT2D eigenvalue weighted by Crippen LogP contribution is -2.38. The van der Waals surface area contributed by atoms with Crippen LogP contribution < -0.4 is 11.3 Å². The highest BCUT2D eigenvalue weighted by atomic mass is 35.5. The molecule has 3 N–H and O–H groups in total. The van der Waals surface area contributed by atoms with Gasteiger partial charge < -0.3 is 0 Å². The fourth-order valence-corrected chi connectivity index (χ4v) is 3.70. The number of hydrogen-bond donors (Lipinski definition) is 2. The van der Waals surface area contributed by atoms with Gasteiger partial charge in [-0.25, -0.2) is 0 Å². The van der Waals surface area contributed by atoms with E-state index in [-0.39, 0.29) is 0 Å². The molecule has 0 aromatic carbocycles. The summed E-state index contributed by atoms with van der Waals surface area (Å²) < 4.78 is 0.850. The third-order valence-electron chi connectivity index (χ3n) is 2.96. The van der Waals surface area contributed by atoms with E-state index in [9.17, 15) is 0 Å².